The lowest BCUT2D eigenvalue weighted by atomic mass is 9.99. The fourth-order valence-electron chi connectivity index (χ4n) is 3.95. The predicted molar refractivity (Wildman–Crippen MR) is 102 cm³/mol. The molecular weight excluding hydrogens is 348 g/mol. The highest BCUT2D eigenvalue weighted by Crippen LogP contribution is 2.43. The number of carbonyl (C=O) groups is 1. The van der Waals surface area contributed by atoms with Crippen LogP contribution in [-0.4, -0.2) is 26.9 Å². The monoisotopic (exact) mass is 370 g/mol. The Morgan fingerprint density at radius 2 is 1.85 bits per heavy atom. The third kappa shape index (κ3) is 2.69. The molecule has 1 amide bonds. The molecule has 0 atom stereocenters. The Bertz CT molecular complexity index is 963. The van der Waals surface area contributed by atoms with Crippen LogP contribution in [0.4, 0.5) is 5.69 Å². The van der Waals surface area contributed by atoms with Crippen LogP contribution in [0.2, 0.25) is 0 Å². The Morgan fingerprint density at radius 1 is 1.12 bits per heavy atom. The van der Waals surface area contributed by atoms with Gasteiger partial charge in [-0.1, -0.05) is 31.0 Å². The number of nitrogens with one attached hydrogen (secondary N) is 1. The van der Waals surface area contributed by atoms with Gasteiger partial charge in [0.15, 0.2) is 0 Å². The summed E-state index contributed by atoms with van der Waals surface area (Å²) in [5.41, 5.74) is 2.64. The second-order valence-corrected chi connectivity index (χ2v) is 8.68. The number of carbonyl (C=O) groups excluding carboxylic acids is 1. The van der Waals surface area contributed by atoms with Gasteiger partial charge in [-0.2, -0.15) is 0 Å². The van der Waals surface area contributed by atoms with Gasteiger partial charge in [0.05, 0.1) is 10.6 Å². The number of nitrogens with zero attached hydrogens (tertiary/aromatic N) is 1. The topological polar surface area (TPSA) is 66.5 Å². The van der Waals surface area contributed by atoms with Crippen LogP contribution in [0.15, 0.2) is 47.4 Å². The van der Waals surface area contributed by atoms with Gasteiger partial charge in [0, 0.05) is 29.3 Å². The van der Waals surface area contributed by atoms with E-state index in [2.05, 4.69) is 5.32 Å². The molecule has 0 bridgehead atoms. The molecule has 26 heavy (non-hydrogen) atoms. The molecule has 0 saturated heterocycles. The highest BCUT2D eigenvalue weighted by atomic mass is 32.2. The van der Waals surface area contributed by atoms with Crippen molar-refractivity contribution < 1.29 is 13.2 Å². The van der Waals surface area contributed by atoms with Gasteiger partial charge in [-0.3, -0.25) is 9.10 Å². The lowest BCUT2D eigenvalue weighted by Gasteiger charge is -2.31. The van der Waals surface area contributed by atoms with Crippen LogP contribution >= 0.6 is 0 Å². The van der Waals surface area contributed by atoms with E-state index in [0.717, 1.165) is 31.2 Å². The smallest absolute Gasteiger partial charge is 0.264 e. The average Bonchev–Trinajstić information content (AvgIpc) is 3.15. The third-order valence-electron chi connectivity index (χ3n) is 5.25. The Morgan fingerprint density at radius 3 is 2.58 bits per heavy atom. The molecule has 1 saturated carbocycles. The molecule has 2 aromatic carbocycles. The van der Waals surface area contributed by atoms with E-state index in [-0.39, 0.29) is 11.9 Å². The van der Waals surface area contributed by atoms with Crippen LogP contribution in [-0.2, 0) is 10.0 Å². The highest BCUT2D eigenvalue weighted by Gasteiger charge is 2.34. The molecule has 6 heteroatoms. The molecule has 2 aliphatic rings. The van der Waals surface area contributed by atoms with Crippen molar-refractivity contribution in [3.63, 3.8) is 0 Å². The SMILES string of the molecule is CCN1c2ccc(C(=O)NC3CCCC3)cc2-c2ccccc2S1(=O)=O. The Labute approximate surface area is 154 Å². The summed E-state index contributed by atoms with van der Waals surface area (Å²) in [4.78, 5) is 12.9. The maximum absolute atomic E-state index is 12.9. The van der Waals surface area contributed by atoms with Crippen LogP contribution in [0.5, 0.6) is 0 Å². The molecule has 0 aromatic heterocycles. The van der Waals surface area contributed by atoms with E-state index in [1.54, 1.807) is 30.3 Å². The number of hydrogen-bond acceptors (Lipinski definition) is 3. The van der Waals surface area contributed by atoms with Crippen LogP contribution < -0.4 is 9.62 Å². The van der Waals surface area contributed by atoms with E-state index >= 15 is 0 Å². The van der Waals surface area contributed by atoms with Gasteiger partial charge in [-0.05, 0) is 44.0 Å². The van der Waals surface area contributed by atoms with Crippen molar-refractivity contribution in [1.29, 1.82) is 0 Å². The summed E-state index contributed by atoms with van der Waals surface area (Å²) in [5, 5.41) is 3.10. The van der Waals surface area contributed by atoms with Crippen LogP contribution in [0.1, 0.15) is 43.0 Å². The maximum atomic E-state index is 12.9. The molecule has 0 unspecified atom stereocenters. The summed E-state index contributed by atoms with van der Waals surface area (Å²) >= 11 is 0. The fourth-order valence-corrected chi connectivity index (χ4v) is 5.65. The molecular formula is C20H22N2O3S. The Hall–Kier alpha value is -2.34. The number of anilines is 1. The zero-order chi connectivity index (χ0) is 18.3. The molecule has 136 valence electrons. The zero-order valence-corrected chi connectivity index (χ0v) is 15.6. The van der Waals surface area contributed by atoms with Crippen LogP contribution in [0.3, 0.4) is 0 Å². The second-order valence-electron chi connectivity index (χ2n) is 6.85. The standard InChI is InChI=1S/C20H22N2O3S/c1-2-22-18-12-11-14(20(23)21-15-7-3-4-8-15)13-17(18)16-9-5-6-10-19(16)26(22,24)25/h5-6,9-13,15H,2-4,7-8H2,1H3,(H,21,23). The minimum atomic E-state index is -3.57. The van der Waals surface area contributed by atoms with Gasteiger partial charge in [-0.15, -0.1) is 0 Å². The van der Waals surface area contributed by atoms with E-state index in [1.165, 1.54) is 4.31 Å². The van der Waals surface area contributed by atoms with E-state index in [0.29, 0.717) is 28.3 Å². The zero-order valence-electron chi connectivity index (χ0n) is 14.7. The van der Waals surface area contributed by atoms with Gasteiger partial charge < -0.3 is 5.32 Å². The Kier molecular flexibility index (Phi) is 4.23. The Balaban J connectivity index is 1.78. The summed E-state index contributed by atoms with van der Waals surface area (Å²) in [6.45, 7) is 2.16. The molecule has 0 radical (unpaired) electrons. The van der Waals surface area contributed by atoms with Gasteiger partial charge in [0.1, 0.15) is 0 Å². The van der Waals surface area contributed by atoms with Crippen molar-refractivity contribution in [3.05, 3.63) is 48.0 Å². The van der Waals surface area contributed by atoms with Crippen LogP contribution in [0, 0.1) is 0 Å². The minimum Gasteiger partial charge on any atom is -0.349 e. The van der Waals surface area contributed by atoms with E-state index in [9.17, 15) is 13.2 Å². The van der Waals surface area contributed by atoms with E-state index in [4.69, 9.17) is 0 Å². The van der Waals surface area contributed by atoms with Gasteiger partial charge in [0.25, 0.3) is 15.9 Å². The normalized spacial score (nSPS) is 18.3. The number of sulfonamides is 1. The van der Waals surface area contributed by atoms with Crippen molar-refractivity contribution in [2.75, 3.05) is 10.8 Å². The van der Waals surface area contributed by atoms with Gasteiger partial charge in [0.2, 0.25) is 0 Å². The minimum absolute atomic E-state index is 0.0892. The molecule has 4 rings (SSSR count). The molecule has 0 spiro atoms. The summed E-state index contributed by atoms with van der Waals surface area (Å²) in [5.74, 6) is -0.0892. The van der Waals surface area contributed by atoms with Crippen LogP contribution in [0.25, 0.3) is 11.1 Å². The lowest BCUT2D eigenvalue weighted by molar-refractivity contribution is 0.0938. The van der Waals surface area contributed by atoms with Crippen molar-refractivity contribution in [2.24, 2.45) is 0 Å². The first kappa shape index (κ1) is 17.1. The van der Waals surface area contributed by atoms with E-state index < -0.39 is 10.0 Å². The second kappa shape index (κ2) is 6.43. The summed E-state index contributed by atoms with van der Waals surface area (Å²) in [6.07, 6.45) is 4.38. The first-order valence-electron chi connectivity index (χ1n) is 9.09. The summed E-state index contributed by atoms with van der Waals surface area (Å²) < 4.78 is 27.2. The molecule has 1 aliphatic heterocycles. The first-order valence-corrected chi connectivity index (χ1v) is 10.5. The molecule has 1 aliphatic carbocycles. The first-order chi connectivity index (χ1) is 12.5. The molecule has 1 N–H and O–H groups in total. The van der Waals surface area contributed by atoms with Gasteiger partial charge >= 0.3 is 0 Å². The quantitative estimate of drug-likeness (QED) is 0.898. The molecule has 2 aromatic rings. The number of hydrogen-bond donors (Lipinski definition) is 1. The van der Waals surface area contributed by atoms with Crippen molar-refractivity contribution >= 4 is 21.6 Å². The number of benzene rings is 2. The third-order valence-corrected chi connectivity index (χ3v) is 7.20. The maximum Gasteiger partial charge on any atom is 0.264 e. The predicted octanol–water partition coefficient (Wildman–Crippen LogP) is 3.55. The lowest BCUT2D eigenvalue weighted by Crippen LogP contribution is -2.35. The number of rotatable bonds is 3. The largest absolute Gasteiger partial charge is 0.349 e. The molecule has 1 fully saturated rings. The summed E-state index contributed by atoms with van der Waals surface area (Å²) in [7, 11) is -3.57. The van der Waals surface area contributed by atoms with E-state index in [1.807, 2.05) is 19.1 Å². The fraction of sp³-hybridized carbons (Fsp3) is 0.350. The van der Waals surface area contributed by atoms with Crippen molar-refractivity contribution in [2.45, 2.75) is 43.5 Å². The van der Waals surface area contributed by atoms with Crippen molar-refractivity contribution in [1.82, 2.24) is 5.32 Å². The highest BCUT2D eigenvalue weighted by molar-refractivity contribution is 7.93. The summed E-state index contributed by atoms with van der Waals surface area (Å²) in [6, 6.07) is 12.5. The van der Waals surface area contributed by atoms with Gasteiger partial charge in [-0.25, -0.2) is 8.42 Å². The molecule has 5 nitrogen and oxygen atoms in total. The molecule has 1 heterocycles. The van der Waals surface area contributed by atoms with Crippen molar-refractivity contribution in [3.8, 4) is 11.1 Å². The average molecular weight is 370 g/mol. The number of amides is 1. The number of fused-ring (bicyclic) bond motifs is 3.